The number of anilines is 1. The van der Waals surface area contributed by atoms with Crippen LogP contribution in [0.5, 0.6) is 0 Å². The monoisotopic (exact) mass is 352 g/mol. The molecular formula is C20H24N4O2. The fourth-order valence-electron chi connectivity index (χ4n) is 3.26. The Balaban J connectivity index is 1.55. The molecule has 1 aliphatic carbocycles. The Morgan fingerprint density at radius 2 is 1.96 bits per heavy atom. The van der Waals surface area contributed by atoms with Gasteiger partial charge in [0, 0.05) is 42.1 Å². The number of nitrogens with zero attached hydrogens (tertiary/aromatic N) is 1. The molecule has 0 spiro atoms. The minimum Gasteiger partial charge on any atom is -0.352 e. The van der Waals surface area contributed by atoms with Crippen molar-refractivity contribution in [3.05, 3.63) is 59.9 Å². The van der Waals surface area contributed by atoms with Crippen LogP contribution < -0.4 is 16.4 Å². The lowest BCUT2D eigenvalue weighted by atomic mass is 9.85. The highest BCUT2D eigenvalue weighted by atomic mass is 16.2. The summed E-state index contributed by atoms with van der Waals surface area (Å²) in [4.78, 5) is 28.4. The summed E-state index contributed by atoms with van der Waals surface area (Å²) in [6.07, 6.45) is 6.84. The van der Waals surface area contributed by atoms with Crippen LogP contribution in [0.15, 0.2) is 48.8 Å². The molecule has 2 atom stereocenters. The van der Waals surface area contributed by atoms with E-state index >= 15 is 0 Å². The maximum Gasteiger partial charge on any atom is 0.255 e. The van der Waals surface area contributed by atoms with Gasteiger partial charge in [0.05, 0.1) is 0 Å². The molecule has 4 N–H and O–H groups in total. The molecule has 0 aliphatic heterocycles. The van der Waals surface area contributed by atoms with Gasteiger partial charge in [0.1, 0.15) is 0 Å². The number of carbonyl (C=O) groups excluding carboxylic acids is 2. The summed E-state index contributed by atoms with van der Waals surface area (Å²) in [5.74, 6) is -0.121. The molecule has 1 heterocycles. The second-order valence-corrected chi connectivity index (χ2v) is 6.73. The normalized spacial score (nSPS) is 19.6. The Kier molecular flexibility index (Phi) is 5.96. The SMILES string of the molecule is NC1CCCC(C(=O)NCc2cccc(NC(=O)c3ccncc3)c2)C1. The van der Waals surface area contributed by atoms with Crippen molar-refractivity contribution in [1.82, 2.24) is 10.3 Å². The molecule has 2 amide bonds. The fourth-order valence-corrected chi connectivity index (χ4v) is 3.26. The second kappa shape index (κ2) is 8.58. The molecule has 6 heteroatoms. The van der Waals surface area contributed by atoms with E-state index in [2.05, 4.69) is 15.6 Å². The molecule has 1 aromatic carbocycles. The van der Waals surface area contributed by atoms with Crippen LogP contribution in [-0.4, -0.2) is 22.8 Å². The average Bonchev–Trinajstić information content (AvgIpc) is 2.67. The highest BCUT2D eigenvalue weighted by Crippen LogP contribution is 2.23. The number of carbonyl (C=O) groups is 2. The van der Waals surface area contributed by atoms with Gasteiger partial charge in [-0.05, 0) is 49.1 Å². The van der Waals surface area contributed by atoms with Gasteiger partial charge in [0.25, 0.3) is 5.91 Å². The van der Waals surface area contributed by atoms with Gasteiger partial charge in [-0.25, -0.2) is 0 Å². The Morgan fingerprint density at radius 3 is 2.73 bits per heavy atom. The van der Waals surface area contributed by atoms with Gasteiger partial charge in [-0.15, -0.1) is 0 Å². The third kappa shape index (κ3) is 4.89. The van der Waals surface area contributed by atoms with Crippen molar-refractivity contribution in [3.63, 3.8) is 0 Å². The molecule has 1 aromatic heterocycles. The molecule has 1 aliphatic rings. The summed E-state index contributed by atoms with van der Waals surface area (Å²) in [5.41, 5.74) is 8.14. The number of amides is 2. The lowest BCUT2D eigenvalue weighted by Gasteiger charge is -2.25. The Morgan fingerprint density at radius 1 is 1.15 bits per heavy atom. The van der Waals surface area contributed by atoms with Crippen molar-refractivity contribution in [2.75, 3.05) is 5.32 Å². The van der Waals surface area contributed by atoms with Crippen LogP contribution in [0.1, 0.15) is 41.6 Å². The van der Waals surface area contributed by atoms with Crippen molar-refractivity contribution >= 4 is 17.5 Å². The quantitative estimate of drug-likeness (QED) is 0.770. The first-order chi connectivity index (χ1) is 12.6. The number of nitrogens with one attached hydrogen (secondary N) is 2. The molecule has 1 fully saturated rings. The topological polar surface area (TPSA) is 97.1 Å². The van der Waals surface area contributed by atoms with E-state index in [0.717, 1.165) is 31.2 Å². The highest BCUT2D eigenvalue weighted by Gasteiger charge is 2.24. The molecule has 26 heavy (non-hydrogen) atoms. The summed E-state index contributed by atoms with van der Waals surface area (Å²) in [6, 6.07) is 10.9. The van der Waals surface area contributed by atoms with E-state index in [4.69, 9.17) is 5.73 Å². The van der Waals surface area contributed by atoms with E-state index in [9.17, 15) is 9.59 Å². The van der Waals surface area contributed by atoms with E-state index in [1.807, 2.05) is 24.3 Å². The smallest absolute Gasteiger partial charge is 0.255 e. The van der Waals surface area contributed by atoms with Crippen molar-refractivity contribution in [3.8, 4) is 0 Å². The minimum atomic E-state index is -0.190. The van der Waals surface area contributed by atoms with Crippen molar-refractivity contribution in [1.29, 1.82) is 0 Å². The largest absolute Gasteiger partial charge is 0.352 e. The Bertz CT molecular complexity index is 763. The molecule has 6 nitrogen and oxygen atoms in total. The van der Waals surface area contributed by atoms with Gasteiger partial charge in [-0.1, -0.05) is 18.6 Å². The van der Waals surface area contributed by atoms with Crippen LogP contribution in [0.4, 0.5) is 5.69 Å². The zero-order valence-corrected chi connectivity index (χ0v) is 14.7. The maximum absolute atomic E-state index is 12.3. The predicted molar refractivity (Wildman–Crippen MR) is 100 cm³/mol. The van der Waals surface area contributed by atoms with E-state index in [-0.39, 0.29) is 23.8 Å². The Labute approximate surface area is 153 Å². The lowest BCUT2D eigenvalue weighted by molar-refractivity contribution is -0.126. The summed E-state index contributed by atoms with van der Waals surface area (Å²) >= 11 is 0. The van der Waals surface area contributed by atoms with E-state index in [1.54, 1.807) is 24.5 Å². The first kappa shape index (κ1) is 18.1. The van der Waals surface area contributed by atoms with Crippen LogP contribution in [0, 0.1) is 5.92 Å². The van der Waals surface area contributed by atoms with Gasteiger partial charge in [0.2, 0.25) is 5.91 Å². The van der Waals surface area contributed by atoms with Crippen molar-refractivity contribution in [2.24, 2.45) is 11.7 Å². The molecular weight excluding hydrogens is 328 g/mol. The molecule has 1 saturated carbocycles. The number of aromatic nitrogens is 1. The molecule has 3 rings (SSSR count). The number of rotatable bonds is 5. The molecule has 136 valence electrons. The molecule has 0 radical (unpaired) electrons. The fraction of sp³-hybridized carbons (Fsp3) is 0.350. The minimum absolute atomic E-state index is 0.00771. The summed E-state index contributed by atoms with van der Waals surface area (Å²) in [5, 5.41) is 5.85. The maximum atomic E-state index is 12.3. The zero-order valence-electron chi connectivity index (χ0n) is 14.7. The second-order valence-electron chi connectivity index (χ2n) is 6.73. The first-order valence-corrected chi connectivity index (χ1v) is 8.95. The van der Waals surface area contributed by atoms with Gasteiger partial charge in [0.15, 0.2) is 0 Å². The summed E-state index contributed by atoms with van der Waals surface area (Å²) in [7, 11) is 0. The van der Waals surface area contributed by atoms with Crippen molar-refractivity contribution in [2.45, 2.75) is 38.3 Å². The third-order valence-electron chi connectivity index (χ3n) is 4.68. The van der Waals surface area contributed by atoms with Gasteiger partial charge in [-0.3, -0.25) is 14.6 Å². The number of hydrogen-bond donors (Lipinski definition) is 3. The standard InChI is InChI=1S/C20H24N4O2/c21-17-5-2-4-16(12-17)19(25)23-13-14-3-1-6-18(11-14)24-20(26)15-7-9-22-10-8-15/h1,3,6-11,16-17H,2,4-5,12-13,21H2,(H,23,25)(H,24,26). The molecule has 0 saturated heterocycles. The van der Waals surface area contributed by atoms with Crippen LogP contribution in [-0.2, 0) is 11.3 Å². The predicted octanol–water partition coefficient (Wildman–Crippen LogP) is 2.47. The van der Waals surface area contributed by atoms with Crippen molar-refractivity contribution < 1.29 is 9.59 Å². The first-order valence-electron chi connectivity index (χ1n) is 8.95. The van der Waals surface area contributed by atoms with Gasteiger partial charge in [-0.2, -0.15) is 0 Å². The molecule has 2 unspecified atom stereocenters. The highest BCUT2D eigenvalue weighted by molar-refractivity contribution is 6.04. The summed E-state index contributed by atoms with van der Waals surface area (Å²) in [6.45, 7) is 0.434. The zero-order chi connectivity index (χ0) is 18.4. The van der Waals surface area contributed by atoms with E-state index in [1.165, 1.54) is 0 Å². The average molecular weight is 352 g/mol. The Hall–Kier alpha value is -2.73. The number of hydrogen-bond acceptors (Lipinski definition) is 4. The number of nitrogens with two attached hydrogens (primary N) is 1. The summed E-state index contributed by atoms with van der Waals surface area (Å²) < 4.78 is 0. The van der Waals surface area contributed by atoms with Crippen LogP contribution in [0.3, 0.4) is 0 Å². The molecule has 0 bridgehead atoms. The number of pyridine rings is 1. The number of benzene rings is 1. The van der Waals surface area contributed by atoms with Crippen LogP contribution in [0.2, 0.25) is 0 Å². The van der Waals surface area contributed by atoms with Gasteiger partial charge < -0.3 is 16.4 Å². The third-order valence-corrected chi connectivity index (χ3v) is 4.68. The molecule has 2 aromatic rings. The van der Waals surface area contributed by atoms with Crippen LogP contribution >= 0.6 is 0 Å². The van der Waals surface area contributed by atoms with Gasteiger partial charge >= 0.3 is 0 Å². The van der Waals surface area contributed by atoms with E-state index in [0.29, 0.717) is 17.8 Å². The lowest BCUT2D eigenvalue weighted by Crippen LogP contribution is -2.37. The van der Waals surface area contributed by atoms with Crippen LogP contribution in [0.25, 0.3) is 0 Å². The van der Waals surface area contributed by atoms with E-state index < -0.39 is 0 Å².